The van der Waals surface area contributed by atoms with Crippen molar-refractivity contribution in [2.75, 3.05) is 7.05 Å². The third-order valence-electron chi connectivity index (χ3n) is 3.39. The van der Waals surface area contributed by atoms with Crippen LogP contribution < -0.4 is 10.6 Å². The van der Waals surface area contributed by atoms with Gasteiger partial charge in [0.2, 0.25) is 0 Å². The van der Waals surface area contributed by atoms with E-state index in [1.807, 2.05) is 7.05 Å². The van der Waals surface area contributed by atoms with Crippen LogP contribution in [0, 0.1) is 0 Å². The molecule has 1 aliphatic rings. The van der Waals surface area contributed by atoms with Gasteiger partial charge in [-0.3, -0.25) is 9.78 Å². The van der Waals surface area contributed by atoms with Crippen LogP contribution in [0.5, 0.6) is 0 Å². The lowest BCUT2D eigenvalue weighted by Gasteiger charge is -2.28. The van der Waals surface area contributed by atoms with Gasteiger partial charge >= 0.3 is 0 Å². The van der Waals surface area contributed by atoms with Gasteiger partial charge < -0.3 is 10.6 Å². The maximum atomic E-state index is 11.9. The van der Waals surface area contributed by atoms with Crippen molar-refractivity contribution < 1.29 is 4.79 Å². The van der Waals surface area contributed by atoms with Crippen LogP contribution in [0.15, 0.2) is 24.5 Å². The minimum atomic E-state index is -0.00833. The third-order valence-corrected chi connectivity index (χ3v) is 3.39. The van der Waals surface area contributed by atoms with Crippen LogP contribution >= 0.6 is 0 Å². The highest BCUT2D eigenvalue weighted by Gasteiger charge is 2.21. The van der Waals surface area contributed by atoms with Crippen molar-refractivity contribution in [1.29, 1.82) is 0 Å². The molecule has 2 N–H and O–H groups in total. The molecule has 2 rings (SSSR count). The molecule has 17 heavy (non-hydrogen) atoms. The highest BCUT2D eigenvalue weighted by atomic mass is 16.1. The number of amides is 1. The Morgan fingerprint density at radius 3 is 2.59 bits per heavy atom. The van der Waals surface area contributed by atoms with E-state index < -0.39 is 0 Å². The van der Waals surface area contributed by atoms with Crippen molar-refractivity contribution in [2.45, 2.75) is 37.8 Å². The van der Waals surface area contributed by atoms with E-state index in [2.05, 4.69) is 15.6 Å². The van der Waals surface area contributed by atoms with Gasteiger partial charge in [-0.15, -0.1) is 0 Å². The quantitative estimate of drug-likeness (QED) is 0.828. The second kappa shape index (κ2) is 5.77. The van der Waals surface area contributed by atoms with Crippen molar-refractivity contribution in [2.24, 2.45) is 0 Å². The molecular formula is C13H19N3O. The Morgan fingerprint density at radius 1 is 1.29 bits per heavy atom. The van der Waals surface area contributed by atoms with E-state index in [1.165, 1.54) is 0 Å². The normalized spacial score (nSPS) is 24.3. The van der Waals surface area contributed by atoms with E-state index >= 15 is 0 Å². The molecule has 4 heteroatoms. The van der Waals surface area contributed by atoms with E-state index in [0.29, 0.717) is 17.6 Å². The van der Waals surface area contributed by atoms with E-state index in [1.54, 1.807) is 24.5 Å². The Balaban J connectivity index is 1.84. The highest BCUT2D eigenvalue weighted by Crippen LogP contribution is 2.18. The molecule has 0 aliphatic heterocycles. The van der Waals surface area contributed by atoms with E-state index in [0.717, 1.165) is 25.7 Å². The second-order valence-corrected chi connectivity index (χ2v) is 4.55. The third kappa shape index (κ3) is 3.27. The summed E-state index contributed by atoms with van der Waals surface area (Å²) < 4.78 is 0. The summed E-state index contributed by atoms with van der Waals surface area (Å²) in [6.07, 6.45) is 7.65. The van der Waals surface area contributed by atoms with E-state index in [-0.39, 0.29) is 5.91 Å². The molecule has 0 bridgehead atoms. The number of hydrogen-bond donors (Lipinski definition) is 2. The molecular weight excluding hydrogens is 214 g/mol. The first-order chi connectivity index (χ1) is 8.29. The van der Waals surface area contributed by atoms with Crippen LogP contribution in [0.2, 0.25) is 0 Å². The molecule has 0 radical (unpaired) electrons. The predicted octanol–water partition coefficient (Wildman–Crippen LogP) is 1.34. The summed E-state index contributed by atoms with van der Waals surface area (Å²) in [6.45, 7) is 0. The van der Waals surface area contributed by atoms with Crippen LogP contribution in [0.3, 0.4) is 0 Å². The number of carbonyl (C=O) groups is 1. The van der Waals surface area contributed by atoms with Gasteiger partial charge in [0.1, 0.15) is 0 Å². The zero-order chi connectivity index (χ0) is 12.1. The molecule has 1 amide bonds. The van der Waals surface area contributed by atoms with Crippen molar-refractivity contribution in [3.8, 4) is 0 Å². The zero-order valence-electron chi connectivity index (χ0n) is 10.1. The maximum Gasteiger partial charge on any atom is 0.253 e. The van der Waals surface area contributed by atoms with Gasteiger partial charge in [0.25, 0.3) is 5.91 Å². The Bertz CT molecular complexity index is 358. The average molecular weight is 233 g/mol. The molecule has 0 atom stereocenters. The standard InChI is InChI=1S/C13H19N3O/c1-14-11-4-6-12(7-5-11)16-13(17)10-3-2-8-15-9-10/h2-3,8-9,11-12,14H,4-7H2,1H3,(H,16,17). The molecule has 1 heterocycles. The first kappa shape index (κ1) is 12.0. The maximum absolute atomic E-state index is 11.9. The molecule has 1 aromatic heterocycles. The molecule has 1 aromatic rings. The topological polar surface area (TPSA) is 54.0 Å². The second-order valence-electron chi connectivity index (χ2n) is 4.55. The molecule has 92 valence electrons. The van der Waals surface area contributed by atoms with Crippen molar-refractivity contribution in [3.63, 3.8) is 0 Å². The van der Waals surface area contributed by atoms with Crippen LogP contribution in [-0.2, 0) is 0 Å². The number of carbonyl (C=O) groups excluding carboxylic acids is 1. The number of rotatable bonds is 3. The van der Waals surface area contributed by atoms with Gasteiger partial charge in [0.05, 0.1) is 5.56 Å². The fraction of sp³-hybridized carbons (Fsp3) is 0.538. The predicted molar refractivity (Wildman–Crippen MR) is 66.8 cm³/mol. The number of pyridine rings is 1. The molecule has 1 fully saturated rings. The molecule has 0 aromatic carbocycles. The Labute approximate surface area is 102 Å². The monoisotopic (exact) mass is 233 g/mol. The summed E-state index contributed by atoms with van der Waals surface area (Å²) in [5.74, 6) is -0.00833. The lowest BCUT2D eigenvalue weighted by Crippen LogP contribution is -2.41. The summed E-state index contributed by atoms with van der Waals surface area (Å²) >= 11 is 0. The van der Waals surface area contributed by atoms with Crippen LogP contribution in [0.25, 0.3) is 0 Å². The van der Waals surface area contributed by atoms with Gasteiger partial charge in [-0.05, 0) is 44.9 Å². The fourth-order valence-electron chi connectivity index (χ4n) is 2.29. The van der Waals surface area contributed by atoms with E-state index in [4.69, 9.17) is 0 Å². The van der Waals surface area contributed by atoms with Gasteiger partial charge in [0, 0.05) is 24.5 Å². The minimum Gasteiger partial charge on any atom is -0.349 e. The summed E-state index contributed by atoms with van der Waals surface area (Å²) in [5.41, 5.74) is 0.642. The lowest BCUT2D eigenvalue weighted by molar-refractivity contribution is 0.0924. The van der Waals surface area contributed by atoms with Gasteiger partial charge in [-0.1, -0.05) is 0 Å². The Hall–Kier alpha value is -1.42. The molecule has 0 saturated heterocycles. The number of nitrogens with zero attached hydrogens (tertiary/aromatic N) is 1. The number of aromatic nitrogens is 1. The molecule has 0 unspecified atom stereocenters. The fourth-order valence-corrected chi connectivity index (χ4v) is 2.29. The van der Waals surface area contributed by atoms with Crippen molar-refractivity contribution in [1.82, 2.24) is 15.6 Å². The molecule has 0 spiro atoms. The minimum absolute atomic E-state index is 0.00833. The van der Waals surface area contributed by atoms with Crippen LogP contribution in [0.1, 0.15) is 36.0 Å². The molecule has 1 aliphatic carbocycles. The van der Waals surface area contributed by atoms with Crippen LogP contribution in [0.4, 0.5) is 0 Å². The number of hydrogen-bond acceptors (Lipinski definition) is 3. The molecule has 1 saturated carbocycles. The van der Waals surface area contributed by atoms with Crippen LogP contribution in [-0.4, -0.2) is 30.0 Å². The van der Waals surface area contributed by atoms with E-state index in [9.17, 15) is 4.79 Å². The molecule has 4 nitrogen and oxygen atoms in total. The van der Waals surface area contributed by atoms with Gasteiger partial charge in [-0.2, -0.15) is 0 Å². The lowest BCUT2D eigenvalue weighted by atomic mass is 9.91. The summed E-state index contributed by atoms with van der Waals surface area (Å²) in [4.78, 5) is 15.9. The summed E-state index contributed by atoms with van der Waals surface area (Å²) in [5, 5.41) is 6.36. The highest BCUT2D eigenvalue weighted by molar-refractivity contribution is 5.93. The Morgan fingerprint density at radius 2 is 2.00 bits per heavy atom. The average Bonchev–Trinajstić information content (AvgIpc) is 2.40. The van der Waals surface area contributed by atoms with Crippen molar-refractivity contribution in [3.05, 3.63) is 30.1 Å². The first-order valence-electron chi connectivity index (χ1n) is 6.17. The summed E-state index contributed by atoms with van der Waals surface area (Å²) in [6, 6.07) is 4.50. The van der Waals surface area contributed by atoms with Crippen molar-refractivity contribution >= 4 is 5.91 Å². The van der Waals surface area contributed by atoms with Gasteiger partial charge in [0.15, 0.2) is 0 Å². The number of nitrogens with one attached hydrogen (secondary N) is 2. The summed E-state index contributed by atoms with van der Waals surface area (Å²) in [7, 11) is 2.00. The first-order valence-corrected chi connectivity index (χ1v) is 6.17. The van der Waals surface area contributed by atoms with Gasteiger partial charge in [-0.25, -0.2) is 0 Å². The zero-order valence-corrected chi connectivity index (χ0v) is 10.1. The Kier molecular flexibility index (Phi) is 4.09. The SMILES string of the molecule is CNC1CCC(NC(=O)c2cccnc2)CC1. The largest absolute Gasteiger partial charge is 0.349 e. The smallest absolute Gasteiger partial charge is 0.253 e.